The van der Waals surface area contributed by atoms with Crippen molar-refractivity contribution in [3.05, 3.63) is 142 Å². The van der Waals surface area contributed by atoms with E-state index in [0.29, 0.717) is 29.6 Å². The number of pyridine rings is 2. The maximum Gasteiger partial charge on any atom is 0.0701 e. The van der Waals surface area contributed by atoms with Crippen molar-refractivity contribution in [3.8, 4) is 22.4 Å². The molecule has 260 valence electrons. The zero-order chi connectivity index (χ0) is 35.3. The third-order valence-electron chi connectivity index (χ3n) is 12.9. The molecule has 9 rings (SSSR count). The summed E-state index contributed by atoms with van der Waals surface area (Å²) >= 11 is 0. The molecule has 0 bridgehead atoms. The summed E-state index contributed by atoms with van der Waals surface area (Å²) in [6.45, 7) is 9.76. The van der Waals surface area contributed by atoms with Crippen LogP contribution in [0.3, 0.4) is 0 Å². The van der Waals surface area contributed by atoms with Gasteiger partial charge in [-0.25, -0.2) is 0 Å². The van der Waals surface area contributed by atoms with Crippen LogP contribution in [0.5, 0.6) is 0 Å². The Hall–Kier alpha value is -4.82. The van der Waals surface area contributed by atoms with Crippen LogP contribution in [0.2, 0.25) is 0 Å². The van der Waals surface area contributed by atoms with E-state index in [1.807, 2.05) is 24.5 Å². The molecule has 0 aliphatic heterocycles. The SMILES string of the molecule is CC1C=c2c(-c3ccc(-c4ccccn4)cc3)c3cc(C4=C5C(C)CCC(C)C5CC=C4)ccc3c(C3CCC(c4ccccn4)=CC3C)c2=CC1. The van der Waals surface area contributed by atoms with Crippen LogP contribution in [0, 0.1) is 29.6 Å². The molecule has 6 unspecified atom stereocenters. The Labute approximate surface area is 309 Å². The highest BCUT2D eigenvalue weighted by atomic mass is 14.7. The summed E-state index contributed by atoms with van der Waals surface area (Å²) in [6.07, 6.45) is 23.5. The molecule has 6 atom stereocenters. The van der Waals surface area contributed by atoms with E-state index in [2.05, 4.69) is 130 Å². The summed E-state index contributed by atoms with van der Waals surface area (Å²) < 4.78 is 0. The van der Waals surface area contributed by atoms with E-state index in [0.717, 1.165) is 42.1 Å². The second kappa shape index (κ2) is 13.6. The van der Waals surface area contributed by atoms with Gasteiger partial charge in [-0.05, 0) is 159 Å². The smallest absolute Gasteiger partial charge is 0.0701 e. The minimum absolute atomic E-state index is 0.408. The Morgan fingerprint density at radius 3 is 2.13 bits per heavy atom. The van der Waals surface area contributed by atoms with E-state index in [4.69, 9.17) is 4.98 Å². The first-order valence-electron chi connectivity index (χ1n) is 19.8. The van der Waals surface area contributed by atoms with Gasteiger partial charge < -0.3 is 0 Å². The predicted molar refractivity (Wildman–Crippen MR) is 220 cm³/mol. The fraction of sp³-hybridized carbons (Fsp3) is 0.320. The number of hydrogen-bond acceptors (Lipinski definition) is 2. The van der Waals surface area contributed by atoms with Gasteiger partial charge in [0.15, 0.2) is 0 Å². The fourth-order valence-electron chi connectivity index (χ4n) is 10.1. The second-order valence-electron chi connectivity index (χ2n) is 16.2. The number of aromatic nitrogens is 2. The van der Waals surface area contributed by atoms with Crippen molar-refractivity contribution in [1.82, 2.24) is 9.97 Å². The largest absolute Gasteiger partial charge is 0.257 e. The van der Waals surface area contributed by atoms with E-state index in [1.54, 1.807) is 11.1 Å². The molecule has 0 N–H and O–H groups in total. The lowest BCUT2D eigenvalue weighted by Crippen LogP contribution is -2.37. The van der Waals surface area contributed by atoms with Gasteiger partial charge in [0.25, 0.3) is 0 Å². The molecule has 1 fully saturated rings. The molecule has 3 aromatic carbocycles. The lowest BCUT2D eigenvalue weighted by atomic mass is 9.66. The summed E-state index contributed by atoms with van der Waals surface area (Å²) in [5.74, 6) is 3.36. The average Bonchev–Trinajstić information content (AvgIpc) is 3.19. The highest BCUT2D eigenvalue weighted by molar-refractivity contribution is 6.02. The van der Waals surface area contributed by atoms with Crippen LogP contribution in [0.1, 0.15) is 89.0 Å². The van der Waals surface area contributed by atoms with Crippen LogP contribution >= 0.6 is 0 Å². The normalized spacial score (nSPS) is 25.5. The van der Waals surface area contributed by atoms with Gasteiger partial charge in [0.05, 0.1) is 11.4 Å². The first-order valence-corrected chi connectivity index (χ1v) is 19.8. The van der Waals surface area contributed by atoms with Gasteiger partial charge in [-0.15, -0.1) is 0 Å². The highest BCUT2D eigenvalue weighted by Crippen LogP contribution is 2.48. The topological polar surface area (TPSA) is 25.8 Å². The number of hydrogen-bond donors (Lipinski definition) is 0. The number of fused-ring (bicyclic) bond motifs is 3. The van der Waals surface area contributed by atoms with Crippen LogP contribution in [-0.4, -0.2) is 9.97 Å². The molecule has 4 aliphatic carbocycles. The fourth-order valence-corrected chi connectivity index (χ4v) is 10.1. The van der Waals surface area contributed by atoms with Crippen LogP contribution in [-0.2, 0) is 0 Å². The maximum absolute atomic E-state index is 4.73. The van der Waals surface area contributed by atoms with Gasteiger partial charge >= 0.3 is 0 Å². The molecule has 0 amide bonds. The molecule has 0 saturated heterocycles. The monoisotopic (exact) mass is 678 g/mol. The lowest BCUT2D eigenvalue weighted by molar-refractivity contribution is 0.286. The molecule has 52 heavy (non-hydrogen) atoms. The van der Waals surface area contributed by atoms with Crippen molar-refractivity contribution >= 4 is 34.1 Å². The van der Waals surface area contributed by atoms with E-state index < -0.39 is 0 Å². The van der Waals surface area contributed by atoms with Crippen LogP contribution in [0.15, 0.2) is 115 Å². The number of nitrogens with zero attached hydrogens (tertiary/aromatic N) is 2. The molecule has 2 aromatic heterocycles. The van der Waals surface area contributed by atoms with Gasteiger partial charge in [-0.1, -0.05) is 112 Å². The Morgan fingerprint density at radius 2 is 1.38 bits per heavy atom. The lowest BCUT2D eigenvalue weighted by Gasteiger charge is -2.39. The summed E-state index contributed by atoms with van der Waals surface area (Å²) in [6, 6.07) is 29.2. The summed E-state index contributed by atoms with van der Waals surface area (Å²) in [5, 5.41) is 5.69. The Balaban J connectivity index is 1.29. The van der Waals surface area contributed by atoms with E-state index >= 15 is 0 Å². The van der Waals surface area contributed by atoms with Gasteiger partial charge in [0, 0.05) is 18.0 Å². The molecule has 2 heterocycles. The zero-order valence-electron chi connectivity index (χ0n) is 31.1. The Kier molecular flexibility index (Phi) is 8.66. The standard InChI is InChI=1S/C50H50N2/c1-31-14-23-42-44(28-31)49(36-19-17-35(18-20-36)46-12-5-7-26-51-46)45-30-37(41-11-9-10-39-32(2)15-16-33(3)48(39)41)21-25-43(45)50(42)40-24-22-38(29-34(40)4)47-13-6-8-27-52-47/h5-9,11-13,17-21,23,25-34,39-40H,10,14-16,22,24H2,1-4H3. The van der Waals surface area contributed by atoms with Gasteiger partial charge in [-0.2, -0.15) is 0 Å². The summed E-state index contributed by atoms with van der Waals surface area (Å²) in [5.41, 5.74) is 13.4. The minimum Gasteiger partial charge on any atom is -0.257 e. The van der Waals surface area contributed by atoms with Gasteiger partial charge in [0.2, 0.25) is 0 Å². The Morgan fingerprint density at radius 1 is 0.635 bits per heavy atom. The molecule has 0 radical (unpaired) electrons. The van der Waals surface area contributed by atoms with Crippen molar-refractivity contribution in [3.63, 3.8) is 0 Å². The number of rotatable bonds is 5. The third kappa shape index (κ3) is 5.81. The van der Waals surface area contributed by atoms with Crippen LogP contribution < -0.4 is 10.4 Å². The van der Waals surface area contributed by atoms with Crippen molar-refractivity contribution in [2.75, 3.05) is 0 Å². The molecule has 0 spiro atoms. The van der Waals surface area contributed by atoms with Gasteiger partial charge in [0.1, 0.15) is 0 Å². The van der Waals surface area contributed by atoms with Crippen molar-refractivity contribution in [2.45, 2.75) is 72.1 Å². The molecule has 2 nitrogen and oxygen atoms in total. The molecular formula is C50H50N2. The van der Waals surface area contributed by atoms with Crippen molar-refractivity contribution in [1.29, 1.82) is 0 Å². The van der Waals surface area contributed by atoms with E-state index in [9.17, 15) is 0 Å². The summed E-state index contributed by atoms with van der Waals surface area (Å²) in [7, 11) is 0. The number of benzene rings is 3. The average molecular weight is 679 g/mol. The third-order valence-corrected chi connectivity index (χ3v) is 12.9. The minimum atomic E-state index is 0.408. The maximum atomic E-state index is 4.73. The number of allylic oxidation sites excluding steroid dienone is 6. The molecule has 1 saturated carbocycles. The first kappa shape index (κ1) is 33.0. The first-order chi connectivity index (χ1) is 25.4. The van der Waals surface area contributed by atoms with Crippen molar-refractivity contribution < 1.29 is 0 Å². The molecule has 5 aromatic rings. The highest BCUT2D eigenvalue weighted by Gasteiger charge is 2.34. The zero-order valence-corrected chi connectivity index (χ0v) is 31.1. The van der Waals surface area contributed by atoms with E-state index in [1.165, 1.54) is 68.3 Å². The predicted octanol–water partition coefficient (Wildman–Crippen LogP) is 11.6. The van der Waals surface area contributed by atoms with Crippen LogP contribution in [0.4, 0.5) is 0 Å². The van der Waals surface area contributed by atoms with Gasteiger partial charge in [-0.3, -0.25) is 9.97 Å². The van der Waals surface area contributed by atoms with Crippen LogP contribution in [0.25, 0.3) is 56.5 Å². The molecule has 2 heteroatoms. The molecular weight excluding hydrogens is 629 g/mol. The molecule has 4 aliphatic rings. The second-order valence-corrected chi connectivity index (χ2v) is 16.2. The van der Waals surface area contributed by atoms with Crippen molar-refractivity contribution in [2.24, 2.45) is 29.6 Å². The summed E-state index contributed by atoms with van der Waals surface area (Å²) in [4.78, 5) is 9.39. The quantitative estimate of drug-likeness (QED) is 0.185. The van der Waals surface area contributed by atoms with E-state index in [-0.39, 0.29) is 0 Å². The Bertz CT molecular complexity index is 2360.